The Morgan fingerprint density at radius 1 is 0.875 bits per heavy atom. The zero-order valence-corrected chi connectivity index (χ0v) is 24.0. The van der Waals surface area contributed by atoms with Crippen LogP contribution < -0.4 is 6.15 Å². The lowest BCUT2D eigenvalue weighted by molar-refractivity contribution is -0.114. The van der Waals surface area contributed by atoms with Gasteiger partial charge in [0.2, 0.25) is 0 Å². The molecule has 0 radical (unpaired) electrons. The van der Waals surface area contributed by atoms with E-state index in [0.717, 1.165) is 53.5 Å². The van der Waals surface area contributed by atoms with E-state index in [1.54, 1.807) is 0 Å². The average molecular weight is 531 g/mol. The Balaban J connectivity index is 0.00000113. The van der Waals surface area contributed by atoms with Crippen LogP contribution in [0, 0.1) is 0 Å². The van der Waals surface area contributed by atoms with Gasteiger partial charge in [0, 0.05) is 20.2 Å². The lowest BCUT2D eigenvalue weighted by Gasteiger charge is -2.34. The van der Waals surface area contributed by atoms with Gasteiger partial charge in [0.1, 0.15) is 0 Å². The summed E-state index contributed by atoms with van der Waals surface area (Å²) in [5.41, 5.74) is 11.4. The number of pyridine rings is 1. The molecule has 3 nitrogen and oxygen atoms in total. The topological polar surface area (TPSA) is 65.0 Å². The Labute approximate surface area is 240 Å². The lowest BCUT2D eigenvalue weighted by Crippen LogP contribution is -2.27. The SMILES string of the molecule is C=CC1(c2cccnc2)c2ccc(CC)c(c2)CCc2cccc(c2)C2=CC(=O)CCc3ccc1cc32.CC.N.[HH]. The molecule has 3 aromatic carbocycles. The second-order valence-electron chi connectivity index (χ2n) is 10.2. The molecule has 3 N–H and O–H groups in total. The van der Waals surface area contributed by atoms with E-state index in [-0.39, 0.29) is 13.4 Å². The largest absolute Gasteiger partial charge is 0.344 e. The summed E-state index contributed by atoms with van der Waals surface area (Å²) in [5, 5.41) is 0. The molecule has 1 atom stereocenters. The van der Waals surface area contributed by atoms with Crippen LogP contribution in [0.1, 0.15) is 78.7 Å². The number of fused-ring (bicyclic) bond motifs is 6. The van der Waals surface area contributed by atoms with E-state index in [1.807, 2.05) is 38.4 Å². The number of carbonyl (C=O) groups is 1. The van der Waals surface area contributed by atoms with E-state index in [1.165, 1.54) is 27.8 Å². The number of hydrogen-bond acceptors (Lipinski definition) is 3. The maximum atomic E-state index is 12.9. The van der Waals surface area contributed by atoms with Crippen molar-refractivity contribution in [1.29, 1.82) is 0 Å². The van der Waals surface area contributed by atoms with Crippen molar-refractivity contribution in [2.24, 2.45) is 0 Å². The molecule has 0 amide bonds. The molecule has 1 aromatic heterocycles. The van der Waals surface area contributed by atoms with Gasteiger partial charge < -0.3 is 6.15 Å². The number of nitrogens with zero attached hydrogens (tertiary/aromatic N) is 1. The second kappa shape index (κ2) is 12.4. The van der Waals surface area contributed by atoms with Crippen LogP contribution in [0.2, 0.25) is 0 Å². The van der Waals surface area contributed by atoms with Crippen LogP contribution in [0.15, 0.2) is 104 Å². The normalized spacial score (nSPS) is 17.3. The highest BCUT2D eigenvalue weighted by Gasteiger charge is 2.35. The minimum atomic E-state index is -0.571. The molecule has 6 rings (SSSR count). The van der Waals surface area contributed by atoms with Gasteiger partial charge in [-0.1, -0.05) is 87.5 Å². The summed E-state index contributed by atoms with van der Waals surface area (Å²) in [4.78, 5) is 17.4. The summed E-state index contributed by atoms with van der Waals surface area (Å²) >= 11 is 0. The second-order valence-corrected chi connectivity index (χ2v) is 10.2. The molecular formula is C37H42N2O. The quantitative estimate of drug-likeness (QED) is 0.270. The number of aryl methyl sites for hydroxylation is 4. The molecule has 40 heavy (non-hydrogen) atoms. The number of ketones is 1. The van der Waals surface area contributed by atoms with Gasteiger partial charge in [-0.25, -0.2) is 0 Å². The molecule has 6 bridgehead atoms. The predicted molar refractivity (Wildman–Crippen MR) is 169 cm³/mol. The van der Waals surface area contributed by atoms with Crippen LogP contribution >= 0.6 is 0 Å². The molecule has 3 heteroatoms. The van der Waals surface area contributed by atoms with Crippen LogP contribution in [0.4, 0.5) is 0 Å². The van der Waals surface area contributed by atoms with Crippen LogP contribution in [-0.2, 0) is 35.9 Å². The first-order valence-electron chi connectivity index (χ1n) is 14.3. The summed E-state index contributed by atoms with van der Waals surface area (Å²) in [6.45, 7) is 10.6. The molecule has 1 heterocycles. The highest BCUT2D eigenvalue weighted by atomic mass is 16.1. The zero-order chi connectivity index (χ0) is 27.4. The first-order chi connectivity index (χ1) is 19.1. The van der Waals surface area contributed by atoms with Crippen molar-refractivity contribution >= 4 is 11.4 Å². The third-order valence-electron chi connectivity index (χ3n) is 8.19. The number of aromatic nitrogens is 1. The van der Waals surface area contributed by atoms with Crippen molar-refractivity contribution in [3.8, 4) is 0 Å². The standard InChI is InChI=1S/C35H31NO.C2H6.H3N.H2/c1-3-25-12-15-29-20-27(25)11-10-24-7-5-8-28(19-24)34-22-32(37)17-14-26-13-16-30(21-33(26)34)35(29,4-2)31-9-6-18-36-23-31;1-2;;/h4-9,12-13,15-16,18-23H,2-3,10-11,14,17H2,1H3;1-2H3;1H3;1H. The first-order valence-corrected chi connectivity index (χ1v) is 14.3. The first kappa shape index (κ1) is 28.9. The maximum Gasteiger partial charge on any atom is 0.156 e. The summed E-state index contributed by atoms with van der Waals surface area (Å²) < 4.78 is 0. The van der Waals surface area contributed by atoms with Gasteiger partial charge in [-0.05, 0) is 99.5 Å². The number of allylic oxidation sites excluding steroid dienone is 2. The number of rotatable bonds is 3. The molecular weight excluding hydrogens is 488 g/mol. The van der Waals surface area contributed by atoms with Crippen molar-refractivity contribution in [2.75, 3.05) is 0 Å². The highest BCUT2D eigenvalue weighted by molar-refractivity contribution is 6.02. The Kier molecular flexibility index (Phi) is 8.96. The Morgan fingerprint density at radius 3 is 2.40 bits per heavy atom. The monoisotopic (exact) mass is 530 g/mol. The van der Waals surface area contributed by atoms with Crippen LogP contribution in [-0.4, -0.2) is 10.8 Å². The Morgan fingerprint density at radius 2 is 1.65 bits per heavy atom. The van der Waals surface area contributed by atoms with E-state index in [2.05, 4.69) is 91.3 Å². The number of benzene rings is 3. The van der Waals surface area contributed by atoms with Crippen molar-refractivity contribution in [3.05, 3.63) is 154 Å². The van der Waals surface area contributed by atoms with Gasteiger partial charge in [0.05, 0.1) is 5.41 Å². The summed E-state index contributed by atoms with van der Waals surface area (Å²) in [7, 11) is 0. The molecule has 4 aromatic rings. The van der Waals surface area contributed by atoms with E-state index >= 15 is 0 Å². The maximum absolute atomic E-state index is 12.9. The molecule has 0 fully saturated rings. The average Bonchev–Trinajstić information content (AvgIpc) is 3.16. The van der Waals surface area contributed by atoms with Crippen molar-refractivity contribution in [1.82, 2.24) is 11.1 Å². The van der Waals surface area contributed by atoms with Gasteiger partial charge in [-0.3, -0.25) is 9.78 Å². The van der Waals surface area contributed by atoms with Crippen LogP contribution in [0.25, 0.3) is 5.57 Å². The molecule has 1 unspecified atom stereocenters. The van der Waals surface area contributed by atoms with Gasteiger partial charge in [0.25, 0.3) is 0 Å². The zero-order valence-electron chi connectivity index (χ0n) is 24.0. The van der Waals surface area contributed by atoms with Crippen LogP contribution in [0.3, 0.4) is 0 Å². The summed E-state index contributed by atoms with van der Waals surface area (Å²) in [5.74, 6) is 0.184. The van der Waals surface area contributed by atoms with Crippen LogP contribution in [0.5, 0.6) is 0 Å². The predicted octanol–water partition coefficient (Wildman–Crippen LogP) is 8.64. The molecule has 2 aliphatic carbocycles. The van der Waals surface area contributed by atoms with Gasteiger partial charge in [-0.15, -0.1) is 6.58 Å². The molecule has 0 saturated heterocycles. The summed E-state index contributed by atoms with van der Waals surface area (Å²) in [6.07, 6.45) is 11.9. The van der Waals surface area contributed by atoms with Crippen molar-refractivity contribution < 1.29 is 6.22 Å². The lowest BCUT2D eigenvalue weighted by atomic mass is 9.68. The number of carbonyl (C=O) groups excluding carboxylic acids is 1. The van der Waals surface area contributed by atoms with E-state index < -0.39 is 5.41 Å². The van der Waals surface area contributed by atoms with Crippen molar-refractivity contribution in [2.45, 2.75) is 58.3 Å². The Hall–Kier alpha value is -4.08. The molecule has 0 spiro atoms. The van der Waals surface area contributed by atoms with Crippen molar-refractivity contribution in [3.63, 3.8) is 0 Å². The van der Waals surface area contributed by atoms with E-state index in [9.17, 15) is 4.79 Å². The fraction of sp³-hybridized carbons (Fsp3) is 0.243. The van der Waals surface area contributed by atoms with Gasteiger partial charge in [-0.2, -0.15) is 0 Å². The molecule has 0 aliphatic heterocycles. The third kappa shape index (κ3) is 5.10. The third-order valence-corrected chi connectivity index (χ3v) is 8.19. The van der Waals surface area contributed by atoms with Gasteiger partial charge in [0.15, 0.2) is 5.78 Å². The molecule has 0 saturated carbocycles. The smallest absolute Gasteiger partial charge is 0.156 e. The van der Waals surface area contributed by atoms with E-state index in [4.69, 9.17) is 0 Å². The highest BCUT2D eigenvalue weighted by Crippen LogP contribution is 2.43. The minimum absolute atomic E-state index is 0. The molecule has 206 valence electrons. The summed E-state index contributed by atoms with van der Waals surface area (Å²) in [6, 6.07) is 26.6. The minimum Gasteiger partial charge on any atom is -0.344 e. The fourth-order valence-electron chi connectivity index (χ4n) is 6.17. The number of hydrogen-bond donors (Lipinski definition) is 1. The molecule has 2 aliphatic rings. The van der Waals surface area contributed by atoms with Gasteiger partial charge >= 0.3 is 0 Å². The van der Waals surface area contributed by atoms with E-state index in [0.29, 0.717) is 6.42 Å². The fourth-order valence-corrected chi connectivity index (χ4v) is 6.17. The Bertz CT molecular complexity index is 1560.